The van der Waals surface area contributed by atoms with Crippen LogP contribution in [0.4, 0.5) is 5.69 Å². The lowest BCUT2D eigenvalue weighted by molar-refractivity contribution is -0.395. The first-order valence-corrected chi connectivity index (χ1v) is 7.11. The summed E-state index contributed by atoms with van der Waals surface area (Å²) in [5.41, 5.74) is 4.52. The van der Waals surface area contributed by atoms with Gasteiger partial charge in [-0.25, -0.2) is 0 Å². The number of hydrogen-bond acceptors (Lipinski definition) is 2. The number of aliphatic hydroxyl groups is 1. The van der Waals surface area contributed by atoms with Gasteiger partial charge in [-0.15, -0.1) is 0 Å². The van der Waals surface area contributed by atoms with Crippen molar-refractivity contribution in [3.63, 3.8) is 0 Å². The molecule has 0 saturated carbocycles. The number of quaternary nitrogens is 1. The molecule has 4 nitrogen and oxygen atoms in total. The fourth-order valence-corrected chi connectivity index (χ4v) is 2.80. The van der Waals surface area contributed by atoms with Gasteiger partial charge in [0.2, 0.25) is 5.60 Å². The summed E-state index contributed by atoms with van der Waals surface area (Å²) >= 11 is 5.88. The molecule has 116 valence electrons. The predicted octanol–water partition coefficient (Wildman–Crippen LogP) is -1.68. The zero-order valence-corrected chi connectivity index (χ0v) is 13.3. The zero-order valence-electron chi connectivity index (χ0n) is 11.8. The van der Waals surface area contributed by atoms with Gasteiger partial charge in [0.25, 0.3) is 5.91 Å². The smallest absolute Gasteiger partial charge is 0.270 e. The van der Waals surface area contributed by atoms with Crippen LogP contribution in [0.15, 0.2) is 48.5 Å². The maximum absolute atomic E-state index is 12.6. The first-order chi connectivity index (χ1) is 10.1. The number of hydrogen-bond donors (Lipinski definition) is 2. The number of benzene rings is 2. The molecule has 1 aliphatic heterocycles. The number of para-hydroxylation sites is 1. The van der Waals surface area contributed by atoms with Crippen LogP contribution < -0.4 is 23.0 Å². The minimum atomic E-state index is -1.52. The number of halogens is 2. The number of carbonyl (C=O) groups is 1. The largest absolute Gasteiger partial charge is 1.00 e. The summed E-state index contributed by atoms with van der Waals surface area (Å²) < 4.78 is 0. The standard InChI is InChI=1S/C16H15ClN2O2.ClH/c17-12-7-5-11(6-8-12)9-19-14-4-2-1-3-13(14)16(21,10-18)15(19)20;/h1-8,21H,9-10,18H2;1H. The van der Waals surface area contributed by atoms with E-state index in [0.717, 1.165) is 11.3 Å². The molecule has 0 aliphatic carbocycles. The minimum absolute atomic E-state index is 0. The van der Waals surface area contributed by atoms with Crippen LogP contribution >= 0.6 is 11.6 Å². The third-order valence-electron chi connectivity index (χ3n) is 3.86. The second-order valence-electron chi connectivity index (χ2n) is 5.15. The average Bonchev–Trinajstić information content (AvgIpc) is 2.72. The number of amides is 1. The number of anilines is 1. The van der Waals surface area contributed by atoms with Crippen molar-refractivity contribution in [2.45, 2.75) is 12.1 Å². The molecule has 1 amide bonds. The lowest BCUT2D eigenvalue weighted by Crippen LogP contribution is -3.00. The quantitative estimate of drug-likeness (QED) is 0.702. The van der Waals surface area contributed by atoms with Gasteiger partial charge in [0.15, 0.2) is 0 Å². The predicted molar refractivity (Wildman–Crippen MR) is 80.7 cm³/mol. The van der Waals surface area contributed by atoms with Gasteiger partial charge in [0, 0.05) is 10.6 Å². The summed E-state index contributed by atoms with van der Waals surface area (Å²) in [5.74, 6) is -0.325. The van der Waals surface area contributed by atoms with E-state index in [9.17, 15) is 9.90 Å². The molecular weight excluding hydrogens is 323 g/mol. The van der Waals surface area contributed by atoms with Crippen LogP contribution in [0.5, 0.6) is 0 Å². The highest BCUT2D eigenvalue weighted by Crippen LogP contribution is 2.40. The number of nitrogens with zero attached hydrogens (tertiary/aromatic N) is 1. The molecule has 0 radical (unpaired) electrons. The van der Waals surface area contributed by atoms with E-state index in [1.807, 2.05) is 30.3 Å². The van der Waals surface area contributed by atoms with Crippen LogP contribution in [-0.4, -0.2) is 17.6 Å². The van der Waals surface area contributed by atoms with Crippen molar-refractivity contribution in [1.29, 1.82) is 0 Å². The number of carbonyl (C=O) groups excluding carboxylic acids is 1. The third-order valence-corrected chi connectivity index (χ3v) is 4.11. The molecule has 6 heteroatoms. The second kappa shape index (κ2) is 6.26. The van der Waals surface area contributed by atoms with Crippen LogP contribution in [0, 0.1) is 0 Å². The van der Waals surface area contributed by atoms with Gasteiger partial charge >= 0.3 is 0 Å². The van der Waals surface area contributed by atoms with Crippen LogP contribution in [0.25, 0.3) is 0 Å². The van der Waals surface area contributed by atoms with E-state index >= 15 is 0 Å². The SMILES string of the molecule is [Cl-].[NH3+]CC1(O)C(=O)N(Cc2ccc(Cl)cc2)c2ccccc21. The summed E-state index contributed by atoms with van der Waals surface area (Å²) in [6.07, 6.45) is 0. The molecule has 4 N–H and O–H groups in total. The fourth-order valence-electron chi connectivity index (χ4n) is 2.68. The fraction of sp³-hybridized carbons (Fsp3) is 0.188. The zero-order chi connectivity index (χ0) is 15.0. The van der Waals surface area contributed by atoms with Gasteiger partial charge in [-0.3, -0.25) is 4.79 Å². The summed E-state index contributed by atoms with van der Waals surface area (Å²) in [7, 11) is 0. The molecule has 2 aromatic carbocycles. The Morgan fingerprint density at radius 2 is 1.77 bits per heavy atom. The van der Waals surface area contributed by atoms with E-state index < -0.39 is 5.60 Å². The van der Waals surface area contributed by atoms with Crippen molar-refractivity contribution in [1.82, 2.24) is 0 Å². The molecular formula is C16H16Cl2N2O2. The maximum Gasteiger partial charge on any atom is 0.270 e. The molecule has 3 rings (SSSR count). The van der Waals surface area contributed by atoms with Gasteiger partial charge in [0.1, 0.15) is 6.54 Å². The second-order valence-corrected chi connectivity index (χ2v) is 5.58. The molecule has 22 heavy (non-hydrogen) atoms. The maximum atomic E-state index is 12.6. The molecule has 0 aromatic heterocycles. The molecule has 0 fully saturated rings. The Hall–Kier alpha value is -1.59. The van der Waals surface area contributed by atoms with Crippen molar-refractivity contribution in [2.24, 2.45) is 0 Å². The van der Waals surface area contributed by atoms with Crippen LogP contribution in [-0.2, 0) is 16.9 Å². The Morgan fingerprint density at radius 1 is 1.14 bits per heavy atom. The summed E-state index contributed by atoms with van der Waals surface area (Å²) in [6.45, 7) is 0.509. The van der Waals surface area contributed by atoms with E-state index in [0.29, 0.717) is 17.1 Å². The Labute approximate surface area is 139 Å². The number of rotatable bonds is 3. The van der Waals surface area contributed by atoms with Crippen molar-refractivity contribution >= 4 is 23.2 Å². The van der Waals surface area contributed by atoms with Gasteiger partial charge < -0.3 is 28.1 Å². The average molecular weight is 339 g/mol. The Bertz CT molecular complexity index is 691. The minimum Gasteiger partial charge on any atom is -1.00 e. The van der Waals surface area contributed by atoms with Crippen LogP contribution in [0.1, 0.15) is 11.1 Å². The molecule has 2 aromatic rings. The Kier molecular flexibility index (Phi) is 4.78. The highest BCUT2D eigenvalue weighted by atomic mass is 35.5. The van der Waals surface area contributed by atoms with Gasteiger partial charge in [-0.1, -0.05) is 41.9 Å². The van der Waals surface area contributed by atoms with Crippen molar-refractivity contribution < 1.29 is 28.0 Å². The first kappa shape index (κ1) is 16.8. The first-order valence-electron chi connectivity index (χ1n) is 6.74. The van der Waals surface area contributed by atoms with Gasteiger partial charge in [-0.2, -0.15) is 0 Å². The van der Waals surface area contributed by atoms with Crippen LogP contribution in [0.2, 0.25) is 5.02 Å². The van der Waals surface area contributed by atoms with Gasteiger partial charge in [0.05, 0.1) is 12.2 Å². The molecule has 1 aliphatic rings. The highest BCUT2D eigenvalue weighted by molar-refractivity contribution is 6.30. The lowest BCUT2D eigenvalue weighted by Gasteiger charge is -2.20. The highest BCUT2D eigenvalue weighted by Gasteiger charge is 2.50. The molecule has 0 bridgehead atoms. The Balaban J connectivity index is 0.00000176. The van der Waals surface area contributed by atoms with Crippen molar-refractivity contribution in [2.75, 3.05) is 11.4 Å². The normalized spacial score (nSPS) is 19.8. The monoisotopic (exact) mass is 338 g/mol. The van der Waals surface area contributed by atoms with Crippen molar-refractivity contribution in [3.8, 4) is 0 Å². The van der Waals surface area contributed by atoms with Gasteiger partial charge in [-0.05, 0) is 23.8 Å². The summed E-state index contributed by atoms with van der Waals surface area (Å²) in [6, 6.07) is 14.6. The van der Waals surface area contributed by atoms with E-state index in [-0.39, 0.29) is 24.9 Å². The third kappa shape index (κ3) is 2.59. The molecule has 0 spiro atoms. The van der Waals surface area contributed by atoms with E-state index in [2.05, 4.69) is 5.73 Å². The van der Waals surface area contributed by atoms with E-state index in [1.54, 1.807) is 23.1 Å². The van der Waals surface area contributed by atoms with E-state index in [1.165, 1.54) is 0 Å². The molecule has 0 saturated heterocycles. The van der Waals surface area contributed by atoms with Crippen molar-refractivity contribution in [3.05, 3.63) is 64.7 Å². The summed E-state index contributed by atoms with van der Waals surface area (Å²) in [4.78, 5) is 14.2. The van der Waals surface area contributed by atoms with Crippen LogP contribution in [0.3, 0.4) is 0 Å². The molecule has 1 heterocycles. The number of fused-ring (bicyclic) bond motifs is 1. The van der Waals surface area contributed by atoms with E-state index in [4.69, 9.17) is 11.6 Å². The topological polar surface area (TPSA) is 68.2 Å². The lowest BCUT2D eigenvalue weighted by atomic mass is 9.96. The molecule has 1 unspecified atom stereocenters. The summed E-state index contributed by atoms with van der Waals surface area (Å²) in [5, 5.41) is 11.3. The Morgan fingerprint density at radius 3 is 2.41 bits per heavy atom. The molecule has 1 atom stereocenters.